The van der Waals surface area contributed by atoms with Crippen LogP contribution in [0.4, 0.5) is 0 Å². The van der Waals surface area contributed by atoms with Crippen LogP contribution in [-0.4, -0.2) is 49.2 Å². The molecule has 0 aliphatic carbocycles. The summed E-state index contributed by atoms with van der Waals surface area (Å²) < 4.78 is 15.4. The van der Waals surface area contributed by atoms with E-state index in [0.717, 1.165) is 19.1 Å². The number of hydrogen-bond donors (Lipinski definition) is 0. The Kier molecular flexibility index (Phi) is 6.34. The Balaban J connectivity index is 1.71. The Morgan fingerprint density at radius 2 is 2.13 bits per heavy atom. The summed E-state index contributed by atoms with van der Waals surface area (Å²) in [5, 5.41) is 0. The number of carbonyl (C=O) groups is 3. The van der Waals surface area contributed by atoms with Crippen LogP contribution in [0.25, 0.3) is 0 Å². The second kappa shape index (κ2) is 8.47. The molecule has 2 unspecified atom stereocenters. The van der Waals surface area contributed by atoms with Crippen molar-refractivity contribution in [2.45, 2.75) is 44.4 Å². The van der Waals surface area contributed by atoms with Gasteiger partial charge in [-0.05, 0) is 19.3 Å². The van der Waals surface area contributed by atoms with Gasteiger partial charge in [-0.15, -0.1) is 0 Å². The Morgan fingerprint density at radius 1 is 1.35 bits per heavy atom. The van der Waals surface area contributed by atoms with E-state index in [1.165, 1.54) is 7.11 Å². The van der Waals surface area contributed by atoms with Crippen LogP contribution in [0.2, 0.25) is 0 Å². The predicted molar refractivity (Wildman–Crippen MR) is 79.8 cm³/mol. The number of aldehydes is 1. The molecule has 2 atom stereocenters. The Hall–Kier alpha value is -2.15. The summed E-state index contributed by atoms with van der Waals surface area (Å²) in [6, 6.07) is 0. The number of methoxy groups -OCH3 is 1. The van der Waals surface area contributed by atoms with E-state index in [0.29, 0.717) is 12.0 Å². The van der Waals surface area contributed by atoms with Gasteiger partial charge in [0.15, 0.2) is 0 Å². The van der Waals surface area contributed by atoms with Crippen LogP contribution in [0, 0.1) is 0 Å². The van der Waals surface area contributed by atoms with E-state index >= 15 is 0 Å². The minimum absolute atomic E-state index is 0.00309. The van der Waals surface area contributed by atoms with Crippen molar-refractivity contribution >= 4 is 18.2 Å². The van der Waals surface area contributed by atoms with Crippen LogP contribution in [0.1, 0.15) is 32.1 Å². The lowest BCUT2D eigenvalue weighted by Crippen LogP contribution is -2.29. The maximum atomic E-state index is 11.5. The van der Waals surface area contributed by atoms with Crippen LogP contribution in [0.3, 0.4) is 0 Å². The smallest absolute Gasteiger partial charge is 0.306 e. The molecule has 0 spiro atoms. The van der Waals surface area contributed by atoms with Crippen LogP contribution in [-0.2, 0) is 28.6 Å². The first-order valence-electron chi connectivity index (χ1n) is 7.60. The molecule has 7 heteroatoms. The van der Waals surface area contributed by atoms with Gasteiger partial charge >= 0.3 is 11.9 Å². The topological polar surface area (TPSA) is 82.1 Å². The first-order valence-corrected chi connectivity index (χ1v) is 7.60. The second-order valence-electron chi connectivity index (χ2n) is 5.41. The van der Waals surface area contributed by atoms with Gasteiger partial charge in [-0.2, -0.15) is 0 Å². The highest BCUT2D eigenvalue weighted by molar-refractivity contribution is 5.77. The van der Waals surface area contributed by atoms with Gasteiger partial charge in [0, 0.05) is 18.0 Å². The van der Waals surface area contributed by atoms with Crippen LogP contribution >= 0.6 is 0 Å². The van der Waals surface area contributed by atoms with Gasteiger partial charge in [0.1, 0.15) is 19.1 Å². The fourth-order valence-electron chi connectivity index (χ4n) is 2.45. The molecule has 2 aliphatic heterocycles. The summed E-state index contributed by atoms with van der Waals surface area (Å²) >= 11 is 0. The highest BCUT2D eigenvalue weighted by Crippen LogP contribution is 2.26. The van der Waals surface area contributed by atoms with Crippen molar-refractivity contribution in [3.63, 3.8) is 0 Å². The van der Waals surface area contributed by atoms with Gasteiger partial charge in [0.25, 0.3) is 0 Å². The van der Waals surface area contributed by atoms with Crippen molar-refractivity contribution in [2.75, 3.05) is 13.7 Å². The molecule has 23 heavy (non-hydrogen) atoms. The molecule has 0 N–H and O–H groups in total. The zero-order valence-electron chi connectivity index (χ0n) is 13.1. The van der Waals surface area contributed by atoms with Crippen molar-refractivity contribution in [1.29, 1.82) is 0 Å². The molecule has 126 valence electrons. The van der Waals surface area contributed by atoms with Crippen molar-refractivity contribution in [3.8, 4) is 0 Å². The zero-order chi connectivity index (χ0) is 16.7. The zero-order valence-corrected chi connectivity index (χ0v) is 13.1. The van der Waals surface area contributed by atoms with E-state index in [1.54, 1.807) is 6.20 Å². The number of nitrogens with zero attached hydrogens (tertiary/aromatic N) is 1. The molecule has 1 fully saturated rings. The predicted octanol–water partition coefficient (Wildman–Crippen LogP) is 1.29. The minimum Gasteiger partial charge on any atom is -0.469 e. The summed E-state index contributed by atoms with van der Waals surface area (Å²) in [7, 11) is 1.28. The third-order valence-electron chi connectivity index (χ3n) is 3.71. The van der Waals surface area contributed by atoms with E-state index in [4.69, 9.17) is 9.47 Å². The summed E-state index contributed by atoms with van der Waals surface area (Å²) in [5.74, 6) is -0.878. The maximum Gasteiger partial charge on any atom is 0.306 e. The molecule has 0 aromatic carbocycles. The maximum absolute atomic E-state index is 11.5. The standard InChI is InChI=1S/C16H21NO6/c1-21-15(19)6-7-16(20)22-11-13-4-5-14(23-13)17-8-2-3-12(9-17)10-18/h2,8-10,13-14H,3-7,11H2,1H3. The van der Waals surface area contributed by atoms with Gasteiger partial charge in [0.05, 0.1) is 26.1 Å². The van der Waals surface area contributed by atoms with E-state index in [-0.39, 0.29) is 31.8 Å². The molecule has 7 nitrogen and oxygen atoms in total. The summed E-state index contributed by atoms with van der Waals surface area (Å²) in [4.78, 5) is 35.2. The molecule has 0 amide bonds. The molecular weight excluding hydrogens is 302 g/mol. The normalized spacial score (nSPS) is 23.3. The van der Waals surface area contributed by atoms with Gasteiger partial charge in [-0.1, -0.05) is 6.08 Å². The van der Waals surface area contributed by atoms with Crippen LogP contribution in [0.5, 0.6) is 0 Å². The van der Waals surface area contributed by atoms with E-state index in [1.807, 2.05) is 17.2 Å². The highest BCUT2D eigenvalue weighted by Gasteiger charge is 2.29. The molecule has 0 saturated carbocycles. The fraction of sp³-hybridized carbons (Fsp3) is 0.562. The molecule has 0 bridgehead atoms. The van der Waals surface area contributed by atoms with Crippen molar-refractivity contribution in [3.05, 3.63) is 24.0 Å². The third-order valence-corrected chi connectivity index (χ3v) is 3.71. The SMILES string of the molecule is COC(=O)CCC(=O)OCC1CCC(N2C=CCC(C=O)=C2)O1. The second-order valence-corrected chi connectivity index (χ2v) is 5.41. The number of rotatable bonds is 7. The first-order chi connectivity index (χ1) is 11.1. The van der Waals surface area contributed by atoms with Crippen molar-refractivity contribution in [2.24, 2.45) is 0 Å². The lowest BCUT2D eigenvalue weighted by molar-refractivity contribution is -0.152. The lowest BCUT2D eigenvalue weighted by Gasteiger charge is -2.26. The summed E-state index contributed by atoms with van der Waals surface area (Å²) in [5.41, 5.74) is 0.703. The number of carbonyl (C=O) groups excluding carboxylic acids is 3. The number of esters is 2. The Bertz CT molecular complexity index is 513. The molecule has 0 aromatic rings. The minimum atomic E-state index is -0.441. The van der Waals surface area contributed by atoms with E-state index in [9.17, 15) is 14.4 Å². The van der Waals surface area contributed by atoms with Crippen molar-refractivity contribution < 1.29 is 28.6 Å². The monoisotopic (exact) mass is 323 g/mol. The quantitative estimate of drug-likeness (QED) is 0.516. The summed E-state index contributed by atoms with van der Waals surface area (Å²) in [6.45, 7) is 0.165. The van der Waals surface area contributed by atoms with Gasteiger partial charge in [0.2, 0.25) is 0 Å². The van der Waals surface area contributed by atoms with Crippen LogP contribution in [0.15, 0.2) is 24.0 Å². The Morgan fingerprint density at radius 3 is 2.87 bits per heavy atom. The molecule has 2 heterocycles. The number of hydrogen-bond acceptors (Lipinski definition) is 7. The molecule has 1 saturated heterocycles. The average molecular weight is 323 g/mol. The van der Waals surface area contributed by atoms with E-state index < -0.39 is 11.9 Å². The Labute approximate surface area is 134 Å². The molecular formula is C16H21NO6. The lowest BCUT2D eigenvalue weighted by atomic mass is 10.1. The van der Waals surface area contributed by atoms with Crippen molar-refractivity contribution in [1.82, 2.24) is 4.90 Å². The average Bonchev–Trinajstić information content (AvgIpc) is 3.06. The van der Waals surface area contributed by atoms with Gasteiger partial charge in [-0.25, -0.2) is 0 Å². The number of allylic oxidation sites excluding steroid dienone is 2. The molecule has 2 rings (SSSR count). The molecule has 0 aromatic heterocycles. The van der Waals surface area contributed by atoms with Gasteiger partial charge in [-0.3, -0.25) is 14.4 Å². The molecule has 0 radical (unpaired) electrons. The molecule has 2 aliphatic rings. The largest absolute Gasteiger partial charge is 0.469 e. The first kappa shape index (κ1) is 17.2. The van der Waals surface area contributed by atoms with Crippen LogP contribution < -0.4 is 0 Å². The van der Waals surface area contributed by atoms with E-state index in [2.05, 4.69) is 4.74 Å². The number of ether oxygens (including phenoxy) is 3. The fourth-order valence-corrected chi connectivity index (χ4v) is 2.45. The highest BCUT2D eigenvalue weighted by atomic mass is 16.6. The third kappa shape index (κ3) is 5.21. The summed E-state index contributed by atoms with van der Waals surface area (Å²) in [6.07, 6.45) is 8.30. The van der Waals surface area contributed by atoms with Gasteiger partial charge < -0.3 is 19.1 Å².